The summed E-state index contributed by atoms with van der Waals surface area (Å²) in [6, 6.07) is -1.11. The van der Waals surface area contributed by atoms with E-state index in [1.807, 2.05) is 7.05 Å². The number of halogens is 2. The van der Waals surface area contributed by atoms with Crippen molar-refractivity contribution < 1.29 is 19.2 Å². The summed E-state index contributed by atoms with van der Waals surface area (Å²) in [5, 5.41) is 8.56. The van der Waals surface area contributed by atoms with Crippen LogP contribution >= 0.6 is 35.3 Å². The second-order valence-electron chi connectivity index (χ2n) is 9.46. The Morgan fingerprint density at radius 3 is 2.53 bits per heavy atom. The number of likely N-dealkylation sites (N-methyl/N-ethyl adjacent to an activating group) is 1. The van der Waals surface area contributed by atoms with Gasteiger partial charge in [0.1, 0.15) is 5.15 Å². The molecule has 206 valence electrons. The normalized spacial score (nSPS) is 20.9. The van der Waals surface area contributed by atoms with Gasteiger partial charge in [-0.25, -0.2) is 15.0 Å². The Labute approximate surface area is 235 Å². The van der Waals surface area contributed by atoms with Crippen molar-refractivity contribution in [3.63, 3.8) is 0 Å². The first-order chi connectivity index (χ1) is 17.6. The number of hydrogen-bond donors (Lipinski definition) is 3. The highest BCUT2D eigenvalue weighted by molar-refractivity contribution is 7.13. The Morgan fingerprint density at radius 1 is 1.08 bits per heavy atom. The summed E-state index contributed by atoms with van der Waals surface area (Å²) in [5.41, 5.74) is 0.935. The molecule has 3 heterocycles. The van der Waals surface area contributed by atoms with Gasteiger partial charge in [-0.1, -0.05) is 11.6 Å². The zero-order valence-electron chi connectivity index (χ0n) is 21.2. The van der Waals surface area contributed by atoms with Crippen molar-refractivity contribution in [2.45, 2.75) is 44.3 Å². The molecule has 12 nitrogen and oxygen atoms in total. The van der Waals surface area contributed by atoms with Gasteiger partial charge in [0.05, 0.1) is 24.1 Å². The average Bonchev–Trinajstić information content (AvgIpc) is 3.29. The Kier molecular flexibility index (Phi) is 9.99. The molecule has 1 saturated carbocycles. The van der Waals surface area contributed by atoms with Gasteiger partial charge in [0.25, 0.3) is 5.91 Å². The highest BCUT2D eigenvalue weighted by Crippen LogP contribution is 2.28. The van der Waals surface area contributed by atoms with E-state index in [1.54, 1.807) is 14.1 Å². The first-order valence-corrected chi connectivity index (χ1v) is 13.1. The number of amides is 4. The van der Waals surface area contributed by atoms with Gasteiger partial charge in [-0.05, 0) is 26.3 Å². The summed E-state index contributed by atoms with van der Waals surface area (Å²) in [6.07, 6.45) is 4.51. The Morgan fingerprint density at radius 2 is 1.84 bits per heavy atom. The van der Waals surface area contributed by atoms with E-state index in [4.69, 9.17) is 11.6 Å². The van der Waals surface area contributed by atoms with E-state index in [2.05, 4.69) is 35.8 Å². The molecule has 2 aromatic rings. The number of fused-ring (bicyclic) bond motifs is 1. The lowest BCUT2D eigenvalue weighted by molar-refractivity contribution is -0.137. The molecule has 4 rings (SSSR count). The van der Waals surface area contributed by atoms with Crippen LogP contribution in [0, 0.1) is 5.92 Å². The zero-order chi connectivity index (χ0) is 26.7. The van der Waals surface area contributed by atoms with Gasteiger partial charge in [0.15, 0.2) is 10.8 Å². The van der Waals surface area contributed by atoms with Crippen molar-refractivity contribution in [1.82, 2.24) is 35.4 Å². The minimum absolute atomic E-state index is 0. The lowest BCUT2D eigenvalue weighted by Gasteiger charge is -2.37. The van der Waals surface area contributed by atoms with Crippen molar-refractivity contribution in [1.29, 1.82) is 0 Å². The lowest BCUT2D eigenvalue weighted by Crippen LogP contribution is -2.57. The van der Waals surface area contributed by atoms with E-state index in [1.165, 1.54) is 28.6 Å². The number of hydrogen-bond acceptors (Lipinski definition) is 9. The molecule has 1 fully saturated rings. The number of rotatable bonds is 5. The monoisotopic (exact) mass is 584 g/mol. The molecule has 1 aliphatic heterocycles. The van der Waals surface area contributed by atoms with Gasteiger partial charge in [-0.3, -0.25) is 19.2 Å². The molecule has 0 aromatic carbocycles. The second-order valence-corrected chi connectivity index (χ2v) is 10.9. The third-order valence-corrected chi connectivity index (χ3v) is 7.73. The summed E-state index contributed by atoms with van der Waals surface area (Å²) in [5.74, 6) is -2.45. The third-order valence-electron chi connectivity index (χ3n) is 6.46. The van der Waals surface area contributed by atoms with Crippen molar-refractivity contribution in [3.8, 4) is 0 Å². The summed E-state index contributed by atoms with van der Waals surface area (Å²) in [7, 11) is 5.39. The summed E-state index contributed by atoms with van der Waals surface area (Å²) >= 11 is 7.05. The molecule has 38 heavy (non-hydrogen) atoms. The summed E-state index contributed by atoms with van der Waals surface area (Å²) < 4.78 is 0. The van der Waals surface area contributed by atoms with Gasteiger partial charge >= 0.3 is 11.8 Å². The molecule has 4 amide bonds. The number of carbonyl (C=O) groups is 4. The molecule has 1 aliphatic carbocycles. The molecule has 3 atom stereocenters. The van der Waals surface area contributed by atoms with E-state index in [-0.39, 0.29) is 41.1 Å². The van der Waals surface area contributed by atoms with Gasteiger partial charge in [0, 0.05) is 50.4 Å². The molecular formula is C23H30Cl2N8O4S. The molecule has 3 N–H and O–H groups in total. The minimum atomic E-state index is -0.926. The molecule has 0 bridgehead atoms. The largest absolute Gasteiger partial charge is 0.349 e. The predicted molar refractivity (Wildman–Crippen MR) is 144 cm³/mol. The fourth-order valence-corrected chi connectivity index (χ4v) is 5.72. The predicted octanol–water partition coefficient (Wildman–Crippen LogP) is 1.11. The topological polar surface area (TPSA) is 150 Å². The van der Waals surface area contributed by atoms with Gasteiger partial charge in [-0.15, -0.1) is 23.7 Å². The molecule has 2 aliphatic rings. The molecule has 2 aromatic heterocycles. The zero-order valence-corrected chi connectivity index (χ0v) is 23.6. The van der Waals surface area contributed by atoms with Gasteiger partial charge in [0.2, 0.25) is 5.91 Å². The fraction of sp³-hybridized carbons (Fsp3) is 0.522. The van der Waals surface area contributed by atoms with Crippen LogP contribution in [0.4, 0.5) is 5.82 Å². The van der Waals surface area contributed by atoms with Gasteiger partial charge in [-0.2, -0.15) is 0 Å². The molecule has 0 saturated heterocycles. The molecule has 15 heteroatoms. The third kappa shape index (κ3) is 7.16. The lowest BCUT2D eigenvalue weighted by atomic mass is 9.81. The first-order valence-electron chi connectivity index (χ1n) is 11.9. The molecular weight excluding hydrogens is 555 g/mol. The maximum absolute atomic E-state index is 13.2. The van der Waals surface area contributed by atoms with E-state index < -0.39 is 23.9 Å². The number of nitrogens with one attached hydrogen (secondary N) is 3. The number of carbonyl (C=O) groups excluding carboxylic acids is 4. The van der Waals surface area contributed by atoms with Crippen molar-refractivity contribution in [2.24, 2.45) is 5.92 Å². The van der Waals surface area contributed by atoms with Crippen LogP contribution < -0.4 is 16.0 Å². The van der Waals surface area contributed by atoms with E-state index in [0.717, 1.165) is 30.1 Å². The maximum Gasteiger partial charge on any atom is 0.314 e. The first kappa shape index (κ1) is 29.7. The van der Waals surface area contributed by atoms with Crippen molar-refractivity contribution >= 4 is 64.8 Å². The van der Waals surface area contributed by atoms with E-state index in [0.29, 0.717) is 24.3 Å². The molecule has 0 radical (unpaired) electrons. The van der Waals surface area contributed by atoms with Crippen LogP contribution in [0.1, 0.15) is 39.6 Å². The SMILES string of the molecule is CN1CCc2nc(C(=O)NC3CC(C(=O)N(C)C)CCC3NC(=O)C(=O)Nc3cnc(Cl)cn3)sc2C1.Cl. The highest BCUT2D eigenvalue weighted by atomic mass is 35.5. The quantitative estimate of drug-likeness (QED) is 0.442. The number of nitrogens with zero attached hydrogens (tertiary/aromatic N) is 5. The second kappa shape index (κ2) is 12.8. The van der Waals surface area contributed by atoms with E-state index in [9.17, 15) is 19.2 Å². The molecule has 3 unspecified atom stereocenters. The number of aromatic nitrogens is 3. The Bertz CT molecular complexity index is 1190. The fourth-order valence-electron chi connectivity index (χ4n) is 4.53. The summed E-state index contributed by atoms with van der Waals surface area (Å²) in [4.78, 5) is 67.9. The van der Waals surface area contributed by atoms with Crippen LogP contribution in [-0.2, 0) is 27.3 Å². The Hall–Kier alpha value is -2.87. The van der Waals surface area contributed by atoms with Crippen LogP contribution in [0.3, 0.4) is 0 Å². The highest BCUT2D eigenvalue weighted by Gasteiger charge is 2.37. The number of anilines is 1. The number of thiazole rings is 1. The van der Waals surface area contributed by atoms with Crippen molar-refractivity contribution in [2.75, 3.05) is 33.0 Å². The maximum atomic E-state index is 13.2. The van der Waals surface area contributed by atoms with Crippen LogP contribution in [0.2, 0.25) is 5.15 Å². The van der Waals surface area contributed by atoms with E-state index >= 15 is 0 Å². The Balaban J connectivity index is 0.00000400. The van der Waals surface area contributed by atoms with Crippen LogP contribution in [0.5, 0.6) is 0 Å². The average molecular weight is 586 g/mol. The van der Waals surface area contributed by atoms with Crippen LogP contribution in [-0.4, -0.2) is 88.2 Å². The minimum Gasteiger partial charge on any atom is -0.349 e. The van der Waals surface area contributed by atoms with Crippen LogP contribution in [0.25, 0.3) is 0 Å². The molecule has 0 spiro atoms. The summed E-state index contributed by atoms with van der Waals surface area (Å²) in [6.45, 7) is 1.63. The van der Waals surface area contributed by atoms with Crippen LogP contribution in [0.15, 0.2) is 12.4 Å². The van der Waals surface area contributed by atoms with Crippen molar-refractivity contribution in [3.05, 3.63) is 33.1 Å². The van der Waals surface area contributed by atoms with Gasteiger partial charge < -0.3 is 25.8 Å². The smallest absolute Gasteiger partial charge is 0.314 e. The standard InChI is InChI=1S/C23H29ClN8O4S.ClH/c1-31(2)23(36)12-4-5-13(27-19(33)20(34)30-18-10-25-17(24)9-26-18)15(8-12)28-21(35)22-29-14-6-7-32(3)11-16(14)37-22;/h9-10,12-13,15H,4-8,11H2,1-3H3,(H,27,33)(H,28,35)(H,26,30,34);1H.